The van der Waals surface area contributed by atoms with Gasteiger partial charge in [0.1, 0.15) is 18.2 Å². The number of nitrogens with one attached hydrogen (secondary N) is 1. The molecule has 0 atom stereocenters. The third-order valence-electron chi connectivity index (χ3n) is 2.49. The molecule has 2 rings (SSSR count). The minimum Gasteiger partial charge on any atom is -0.475 e. The topological polar surface area (TPSA) is 86.2 Å². The fourth-order valence-electron chi connectivity index (χ4n) is 1.69. The van der Waals surface area contributed by atoms with Gasteiger partial charge in [-0.05, 0) is 6.92 Å². The lowest BCUT2D eigenvalue weighted by Gasteiger charge is -2.09. The van der Waals surface area contributed by atoms with Crippen molar-refractivity contribution in [2.24, 2.45) is 0 Å². The second-order valence-corrected chi connectivity index (χ2v) is 4.19. The van der Waals surface area contributed by atoms with E-state index >= 15 is 0 Å². The first-order valence-electron chi connectivity index (χ1n) is 6.14. The second kappa shape index (κ2) is 6.25. The highest BCUT2D eigenvalue weighted by Gasteiger charge is 2.09. The fraction of sp³-hybridized carbons (Fsp3) is 0.385. The average Bonchev–Trinajstić information content (AvgIpc) is 2.37. The molecule has 0 fully saturated rings. The lowest BCUT2D eigenvalue weighted by Crippen LogP contribution is -2.09. The number of carbonyl (C=O) groups excluding carboxylic acids is 1. The van der Waals surface area contributed by atoms with Gasteiger partial charge in [-0.1, -0.05) is 0 Å². The van der Waals surface area contributed by atoms with Crippen LogP contribution in [0, 0.1) is 6.92 Å². The Morgan fingerprint density at radius 3 is 2.85 bits per heavy atom. The molecule has 2 heterocycles. The van der Waals surface area contributed by atoms with Crippen LogP contribution in [0.1, 0.15) is 12.7 Å². The van der Waals surface area contributed by atoms with Gasteiger partial charge in [-0.15, -0.1) is 0 Å². The van der Waals surface area contributed by atoms with Crippen LogP contribution in [0.4, 0.5) is 5.82 Å². The molecule has 0 aliphatic rings. The van der Waals surface area contributed by atoms with Crippen LogP contribution in [0.2, 0.25) is 0 Å². The lowest BCUT2D eigenvalue weighted by molar-refractivity contribution is -0.114. The molecule has 0 aromatic carbocycles. The zero-order valence-corrected chi connectivity index (χ0v) is 11.6. The van der Waals surface area contributed by atoms with Crippen LogP contribution in [0.5, 0.6) is 5.88 Å². The van der Waals surface area contributed by atoms with Gasteiger partial charge in [-0.25, -0.2) is 9.97 Å². The first-order valence-corrected chi connectivity index (χ1v) is 6.14. The Kier molecular flexibility index (Phi) is 4.41. The van der Waals surface area contributed by atoms with Gasteiger partial charge in [-0.2, -0.15) is 4.98 Å². The predicted molar refractivity (Wildman–Crippen MR) is 73.7 cm³/mol. The Labute approximate surface area is 116 Å². The van der Waals surface area contributed by atoms with Crippen molar-refractivity contribution in [2.75, 3.05) is 25.6 Å². The predicted octanol–water partition coefficient (Wildman–Crippen LogP) is 1.32. The number of aromatic nitrogens is 3. The maximum atomic E-state index is 11.0. The number of anilines is 1. The summed E-state index contributed by atoms with van der Waals surface area (Å²) in [6.07, 6.45) is 1.59. The minimum absolute atomic E-state index is 0.181. The van der Waals surface area contributed by atoms with Crippen LogP contribution in [0.25, 0.3) is 10.9 Å². The van der Waals surface area contributed by atoms with E-state index < -0.39 is 0 Å². The van der Waals surface area contributed by atoms with E-state index in [0.29, 0.717) is 41.6 Å². The van der Waals surface area contributed by atoms with Crippen molar-refractivity contribution in [1.29, 1.82) is 0 Å². The molecule has 2 aromatic rings. The summed E-state index contributed by atoms with van der Waals surface area (Å²) in [5.41, 5.74) is 0.670. The molecule has 0 bridgehead atoms. The second-order valence-electron chi connectivity index (χ2n) is 4.19. The monoisotopic (exact) mass is 276 g/mol. The summed E-state index contributed by atoms with van der Waals surface area (Å²) < 4.78 is 10.5. The number of ether oxygens (including phenoxy) is 2. The van der Waals surface area contributed by atoms with E-state index in [1.54, 1.807) is 26.3 Å². The maximum absolute atomic E-state index is 11.0. The van der Waals surface area contributed by atoms with Crippen molar-refractivity contribution in [1.82, 2.24) is 15.0 Å². The molecule has 0 saturated carbocycles. The Morgan fingerprint density at radius 2 is 2.15 bits per heavy atom. The van der Waals surface area contributed by atoms with Crippen LogP contribution in [-0.4, -0.2) is 41.2 Å². The van der Waals surface area contributed by atoms with E-state index in [4.69, 9.17) is 9.47 Å². The number of aryl methyl sites for hydroxylation is 1. The molecule has 20 heavy (non-hydrogen) atoms. The largest absolute Gasteiger partial charge is 0.475 e. The number of nitrogens with zero attached hydrogens (tertiary/aromatic N) is 3. The summed E-state index contributed by atoms with van der Waals surface area (Å²) in [6, 6.07) is 1.69. The van der Waals surface area contributed by atoms with Crippen molar-refractivity contribution in [3.05, 3.63) is 18.1 Å². The highest BCUT2D eigenvalue weighted by atomic mass is 16.5. The molecule has 7 nitrogen and oxygen atoms in total. The summed E-state index contributed by atoms with van der Waals surface area (Å²) >= 11 is 0. The van der Waals surface area contributed by atoms with Crippen molar-refractivity contribution in [3.63, 3.8) is 0 Å². The first-order chi connectivity index (χ1) is 9.60. The normalized spacial score (nSPS) is 10.6. The molecular weight excluding hydrogens is 260 g/mol. The first kappa shape index (κ1) is 14.1. The number of fused-ring (bicyclic) bond motifs is 1. The number of rotatable bonds is 5. The van der Waals surface area contributed by atoms with Gasteiger partial charge >= 0.3 is 0 Å². The SMILES string of the molecule is COCCOc1nc(C)nc2cc(NC(C)=O)ncc12. The molecule has 1 N–H and O–H groups in total. The zero-order chi connectivity index (χ0) is 14.5. The molecule has 106 valence electrons. The highest BCUT2D eigenvalue weighted by molar-refractivity contribution is 5.91. The molecular formula is C13H16N4O3. The van der Waals surface area contributed by atoms with Gasteiger partial charge < -0.3 is 14.8 Å². The molecule has 0 saturated heterocycles. The van der Waals surface area contributed by atoms with E-state index in [-0.39, 0.29) is 5.91 Å². The van der Waals surface area contributed by atoms with Gasteiger partial charge in [0.05, 0.1) is 17.5 Å². The zero-order valence-electron chi connectivity index (χ0n) is 11.6. The lowest BCUT2D eigenvalue weighted by atomic mass is 10.3. The van der Waals surface area contributed by atoms with Gasteiger partial charge in [0.2, 0.25) is 11.8 Å². The quantitative estimate of drug-likeness (QED) is 0.829. The Morgan fingerprint density at radius 1 is 1.35 bits per heavy atom. The Bertz CT molecular complexity index is 630. The maximum Gasteiger partial charge on any atom is 0.226 e. The molecule has 0 unspecified atom stereocenters. The Balaban J connectivity index is 2.36. The highest BCUT2D eigenvalue weighted by Crippen LogP contribution is 2.23. The Hall–Kier alpha value is -2.28. The van der Waals surface area contributed by atoms with Crippen LogP contribution in [0.15, 0.2) is 12.3 Å². The van der Waals surface area contributed by atoms with Crippen LogP contribution >= 0.6 is 0 Å². The van der Waals surface area contributed by atoms with Crippen LogP contribution < -0.4 is 10.1 Å². The third-order valence-corrected chi connectivity index (χ3v) is 2.49. The molecule has 7 heteroatoms. The van der Waals surface area contributed by atoms with Crippen LogP contribution in [0.3, 0.4) is 0 Å². The van der Waals surface area contributed by atoms with E-state index in [1.807, 2.05) is 0 Å². The summed E-state index contributed by atoms with van der Waals surface area (Å²) in [6.45, 7) is 4.08. The molecule has 1 amide bonds. The molecule has 0 aliphatic heterocycles. The van der Waals surface area contributed by atoms with E-state index in [0.717, 1.165) is 0 Å². The van der Waals surface area contributed by atoms with Crippen molar-refractivity contribution < 1.29 is 14.3 Å². The fourth-order valence-corrected chi connectivity index (χ4v) is 1.69. The van der Waals surface area contributed by atoms with Gasteiger partial charge in [0, 0.05) is 26.3 Å². The van der Waals surface area contributed by atoms with E-state index in [9.17, 15) is 4.79 Å². The summed E-state index contributed by atoms with van der Waals surface area (Å²) in [5.74, 6) is 1.32. The standard InChI is InChI=1S/C13H16N4O3/c1-8-15-11-6-12(17-9(2)18)14-7-10(11)13(16-8)20-5-4-19-3/h6-7H,4-5H2,1-3H3,(H,14,17,18). The van der Waals surface area contributed by atoms with Gasteiger partial charge in [0.25, 0.3) is 0 Å². The van der Waals surface area contributed by atoms with E-state index in [1.165, 1.54) is 6.92 Å². The van der Waals surface area contributed by atoms with Crippen molar-refractivity contribution in [3.8, 4) is 5.88 Å². The number of methoxy groups -OCH3 is 1. The molecule has 0 spiro atoms. The molecule has 0 radical (unpaired) electrons. The summed E-state index contributed by atoms with van der Waals surface area (Å²) in [5, 5.41) is 3.31. The van der Waals surface area contributed by atoms with Gasteiger partial charge in [0.15, 0.2) is 0 Å². The summed E-state index contributed by atoms with van der Waals surface area (Å²) in [7, 11) is 1.61. The number of amides is 1. The van der Waals surface area contributed by atoms with E-state index in [2.05, 4.69) is 20.3 Å². The van der Waals surface area contributed by atoms with Crippen molar-refractivity contribution in [2.45, 2.75) is 13.8 Å². The van der Waals surface area contributed by atoms with Gasteiger partial charge in [-0.3, -0.25) is 4.79 Å². The number of carbonyl (C=O) groups is 1. The summed E-state index contributed by atoms with van der Waals surface area (Å²) in [4.78, 5) is 23.7. The minimum atomic E-state index is -0.181. The van der Waals surface area contributed by atoms with Crippen LogP contribution in [-0.2, 0) is 9.53 Å². The molecule has 0 aliphatic carbocycles. The molecule has 2 aromatic heterocycles. The number of hydrogen-bond acceptors (Lipinski definition) is 6. The number of pyridine rings is 1. The van der Waals surface area contributed by atoms with Crippen molar-refractivity contribution >= 4 is 22.6 Å². The average molecular weight is 276 g/mol. The third kappa shape index (κ3) is 3.39. The smallest absolute Gasteiger partial charge is 0.226 e. The number of hydrogen-bond donors (Lipinski definition) is 1.